The molecule has 1 saturated heterocycles. The summed E-state index contributed by atoms with van der Waals surface area (Å²) in [7, 11) is 1.52. The molecule has 2 unspecified atom stereocenters. The molecule has 2 rings (SSSR count). The standard InChI is InChI=1S/C11H13NO4/c1-15-11-9(16-11)12-8(10(13)14)7-5-3-2-4-6-7/h2-6,8-9,11-12H,1H3,(H,13,14)/t8-,9?,11?/m0/s1. The van der Waals surface area contributed by atoms with Crippen molar-refractivity contribution in [2.45, 2.75) is 18.6 Å². The molecule has 0 radical (unpaired) electrons. The van der Waals surface area contributed by atoms with Gasteiger partial charge in [-0.15, -0.1) is 0 Å². The summed E-state index contributed by atoms with van der Waals surface area (Å²) >= 11 is 0. The molecule has 0 saturated carbocycles. The van der Waals surface area contributed by atoms with Crippen molar-refractivity contribution >= 4 is 5.97 Å². The van der Waals surface area contributed by atoms with Crippen molar-refractivity contribution in [2.24, 2.45) is 0 Å². The Morgan fingerprint density at radius 1 is 1.50 bits per heavy atom. The molecule has 2 N–H and O–H groups in total. The lowest BCUT2D eigenvalue weighted by Gasteiger charge is -2.12. The summed E-state index contributed by atoms with van der Waals surface area (Å²) in [5, 5.41) is 12.0. The first-order valence-corrected chi connectivity index (χ1v) is 4.94. The number of hydrogen-bond donors (Lipinski definition) is 2. The summed E-state index contributed by atoms with van der Waals surface area (Å²) in [6.07, 6.45) is -0.683. The van der Waals surface area contributed by atoms with Crippen LogP contribution in [0.1, 0.15) is 11.6 Å². The van der Waals surface area contributed by atoms with E-state index in [0.717, 1.165) is 0 Å². The van der Waals surface area contributed by atoms with Crippen molar-refractivity contribution in [2.75, 3.05) is 7.11 Å². The Morgan fingerprint density at radius 3 is 2.69 bits per heavy atom. The van der Waals surface area contributed by atoms with Crippen molar-refractivity contribution in [1.29, 1.82) is 0 Å². The molecule has 1 aromatic rings. The molecule has 0 bridgehead atoms. The number of carboxylic acid groups (broad SMARTS) is 1. The number of carbonyl (C=O) groups is 1. The van der Waals surface area contributed by atoms with Gasteiger partial charge in [-0.05, 0) is 5.56 Å². The largest absolute Gasteiger partial charge is 0.480 e. The molecule has 1 heterocycles. The van der Waals surface area contributed by atoms with Crippen LogP contribution in [-0.2, 0) is 14.3 Å². The number of ether oxygens (including phenoxy) is 2. The topological polar surface area (TPSA) is 71.1 Å². The Hall–Kier alpha value is -1.43. The molecule has 1 aliphatic rings. The van der Waals surface area contributed by atoms with Gasteiger partial charge in [0.2, 0.25) is 0 Å². The highest BCUT2D eigenvalue weighted by molar-refractivity contribution is 5.75. The minimum Gasteiger partial charge on any atom is -0.480 e. The van der Waals surface area contributed by atoms with Gasteiger partial charge in [-0.2, -0.15) is 0 Å². The first-order chi connectivity index (χ1) is 7.72. The normalized spacial score (nSPS) is 25.1. The van der Waals surface area contributed by atoms with Crippen LogP contribution in [0.5, 0.6) is 0 Å². The zero-order valence-corrected chi connectivity index (χ0v) is 8.79. The number of benzene rings is 1. The second-order valence-electron chi connectivity index (χ2n) is 3.51. The van der Waals surface area contributed by atoms with E-state index < -0.39 is 12.0 Å². The zero-order chi connectivity index (χ0) is 11.5. The predicted octanol–water partition coefficient (Wildman–Crippen LogP) is 0.731. The van der Waals surface area contributed by atoms with E-state index in [-0.39, 0.29) is 12.5 Å². The van der Waals surface area contributed by atoms with Crippen LogP contribution in [0.2, 0.25) is 0 Å². The summed E-state index contributed by atoms with van der Waals surface area (Å²) < 4.78 is 9.98. The number of hydrogen-bond acceptors (Lipinski definition) is 4. The molecule has 5 nitrogen and oxygen atoms in total. The smallest absolute Gasteiger partial charge is 0.325 e. The molecule has 3 atom stereocenters. The summed E-state index contributed by atoms with van der Waals surface area (Å²) in [6, 6.07) is 8.19. The molecule has 5 heteroatoms. The molecule has 1 aliphatic heterocycles. The summed E-state index contributed by atoms with van der Waals surface area (Å²) in [4.78, 5) is 11.1. The second kappa shape index (κ2) is 4.61. The van der Waals surface area contributed by atoms with E-state index in [9.17, 15) is 4.79 Å². The van der Waals surface area contributed by atoms with E-state index in [1.165, 1.54) is 7.11 Å². The maximum Gasteiger partial charge on any atom is 0.325 e. The van der Waals surface area contributed by atoms with Crippen molar-refractivity contribution in [3.63, 3.8) is 0 Å². The van der Waals surface area contributed by atoms with E-state index in [1.807, 2.05) is 6.07 Å². The maximum absolute atomic E-state index is 11.1. The Bertz CT molecular complexity index is 368. The van der Waals surface area contributed by atoms with Crippen LogP contribution in [0.15, 0.2) is 30.3 Å². The molecule has 1 fully saturated rings. The Labute approximate surface area is 93.0 Å². The molecular formula is C11H13NO4. The van der Waals surface area contributed by atoms with E-state index in [0.29, 0.717) is 5.56 Å². The monoisotopic (exact) mass is 223 g/mol. The van der Waals surface area contributed by atoms with E-state index >= 15 is 0 Å². The van der Waals surface area contributed by atoms with Crippen LogP contribution in [0, 0.1) is 0 Å². The number of epoxide rings is 1. The summed E-state index contributed by atoms with van der Waals surface area (Å²) in [5.74, 6) is -0.934. The van der Waals surface area contributed by atoms with Crippen LogP contribution < -0.4 is 5.32 Å². The van der Waals surface area contributed by atoms with Gasteiger partial charge in [0.1, 0.15) is 6.04 Å². The van der Waals surface area contributed by atoms with Crippen LogP contribution in [0.3, 0.4) is 0 Å². The quantitative estimate of drug-likeness (QED) is 0.720. The van der Waals surface area contributed by atoms with Gasteiger partial charge in [0.25, 0.3) is 0 Å². The molecule has 0 aromatic heterocycles. The van der Waals surface area contributed by atoms with Gasteiger partial charge >= 0.3 is 5.97 Å². The van der Waals surface area contributed by atoms with Gasteiger partial charge in [0, 0.05) is 7.11 Å². The van der Waals surface area contributed by atoms with Gasteiger partial charge in [-0.25, -0.2) is 0 Å². The molecule has 86 valence electrons. The third-order valence-electron chi connectivity index (χ3n) is 2.39. The molecule has 0 spiro atoms. The van der Waals surface area contributed by atoms with Gasteiger partial charge in [-0.3, -0.25) is 10.1 Å². The van der Waals surface area contributed by atoms with E-state index in [1.54, 1.807) is 24.3 Å². The number of rotatable bonds is 5. The number of nitrogens with one attached hydrogen (secondary N) is 1. The fourth-order valence-electron chi connectivity index (χ4n) is 1.52. The lowest BCUT2D eigenvalue weighted by Crippen LogP contribution is -2.32. The third-order valence-corrected chi connectivity index (χ3v) is 2.39. The fraction of sp³-hybridized carbons (Fsp3) is 0.364. The van der Waals surface area contributed by atoms with Crippen LogP contribution in [0.25, 0.3) is 0 Å². The minimum atomic E-state index is -0.934. The molecular weight excluding hydrogens is 210 g/mol. The van der Waals surface area contributed by atoms with Crippen LogP contribution in [-0.4, -0.2) is 30.7 Å². The lowest BCUT2D eigenvalue weighted by atomic mass is 10.1. The van der Waals surface area contributed by atoms with E-state index in [4.69, 9.17) is 14.6 Å². The fourth-order valence-corrected chi connectivity index (χ4v) is 1.52. The first kappa shape index (κ1) is 11.1. The van der Waals surface area contributed by atoms with Crippen molar-refractivity contribution in [1.82, 2.24) is 5.32 Å². The van der Waals surface area contributed by atoms with Gasteiger partial charge in [-0.1, -0.05) is 30.3 Å². The average molecular weight is 223 g/mol. The van der Waals surface area contributed by atoms with Crippen molar-refractivity contribution in [3.8, 4) is 0 Å². The SMILES string of the molecule is COC1OC1N[C@H](C(=O)O)c1ccccc1. The van der Waals surface area contributed by atoms with Crippen molar-refractivity contribution in [3.05, 3.63) is 35.9 Å². The van der Waals surface area contributed by atoms with Crippen molar-refractivity contribution < 1.29 is 19.4 Å². The predicted molar refractivity (Wildman–Crippen MR) is 55.6 cm³/mol. The number of carboxylic acids is 1. The second-order valence-corrected chi connectivity index (χ2v) is 3.51. The molecule has 1 aromatic carbocycles. The Balaban J connectivity index is 2.04. The maximum atomic E-state index is 11.1. The van der Waals surface area contributed by atoms with E-state index in [2.05, 4.69) is 5.32 Å². The first-order valence-electron chi connectivity index (χ1n) is 4.94. The van der Waals surface area contributed by atoms with Crippen LogP contribution >= 0.6 is 0 Å². The average Bonchev–Trinajstić information content (AvgIpc) is 3.05. The number of methoxy groups -OCH3 is 1. The summed E-state index contributed by atoms with van der Waals surface area (Å²) in [5.41, 5.74) is 0.695. The zero-order valence-electron chi connectivity index (χ0n) is 8.79. The Morgan fingerprint density at radius 2 is 2.19 bits per heavy atom. The highest BCUT2D eigenvalue weighted by atomic mass is 16.8. The van der Waals surface area contributed by atoms with Gasteiger partial charge in [0.05, 0.1) is 0 Å². The Kier molecular flexibility index (Phi) is 3.19. The highest BCUT2D eigenvalue weighted by Gasteiger charge is 2.42. The van der Waals surface area contributed by atoms with Crippen LogP contribution in [0.4, 0.5) is 0 Å². The number of aliphatic carboxylic acids is 1. The van der Waals surface area contributed by atoms with Gasteiger partial charge in [0.15, 0.2) is 12.5 Å². The summed E-state index contributed by atoms with van der Waals surface area (Å²) in [6.45, 7) is 0. The molecule has 0 aliphatic carbocycles. The minimum absolute atomic E-state index is 0.341. The van der Waals surface area contributed by atoms with Gasteiger partial charge < -0.3 is 14.6 Å². The third kappa shape index (κ3) is 2.38. The highest BCUT2D eigenvalue weighted by Crippen LogP contribution is 2.24. The molecule has 16 heavy (non-hydrogen) atoms. The molecule has 0 amide bonds. The lowest BCUT2D eigenvalue weighted by molar-refractivity contribution is -0.139.